The van der Waals surface area contributed by atoms with Crippen molar-refractivity contribution in [1.82, 2.24) is 9.88 Å². The summed E-state index contributed by atoms with van der Waals surface area (Å²) in [6.07, 6.45) is 7.67. The standard InChI is InChI=1S/C18H26N2O3/c1-15(21)20-9-6-18(7-10-20)17(5-12-23-18)4-11-22-14-16-3-2-8-19-13-16/h2-3,8,13,17H,4-7,9-12,14H2,1H3/t17-/m1/s1. The van der Waals surface area contributed by atoms with Crippen LogP contribution in [-0.2, 0) is 20.9 Å². The number of ether oxygens (including phenoxy) is 2. The first kappa shape index (κ1) is 16.4. The first-order chi connectivity index (χ1) is 11.2. The molecule has 1 aromatic heterocycles. The zero-order valence-electron chi connectivity index (χ0n) is 13.9. The number of pyridine rings is 1. The quantitative estimate of drug-likeness (QED) is 0.782. The molecule has 5 nitrogen and oxygen atoms in total. The van der Waals surface area contributed by atoms with Gasteiger partial charge in [-0.3, -0.25) is 9.78 Å². The van der Waals surface area contributed by atoms with Gasteiger partial charge in [-0.2, -0.15) is 0 Å². The molecule has 5 heteroatoms. The van der Waals surface area contributed by atoms with Gasteiger partial charge in [0.15, 0.2) is 0 Å². The molecule has 2 aliphatic rings. The van der Waals surface area contributed by atoms with Crippen LogP contribution in [0.15, 0.2) is 24.5 Å². The molecule has 2 saturated heterocycles. The van der Waals surface area contributed by atoms with E-state index >= 15 is 0 Å². The monoisotopic (exact) mass is 318 g/mol. The lowest BCUT2D eigenvalue weighted by Gasteiger charge is -2.42. The van der Waals surface area contributed by atoms with E-state index in [9.17, 15) is 4.79 Å². The molecule has 0 radical (unpaired) electrons. The van der Waals surface area contributed by atoms with Crippen molar-refractivity contribution in [2.24, 2.45) is 5.92 Å². The number of carbonyl (C=O) groups is 1. The van der Waals surface area contributed by atoms with Crippen molar-refractivity contribution in [2.75, 3.05) is 26.3 Å². The maximum absolute atomic E-state index is 11.5. The highest BCUT2D eigenvalue weighted by Gasteiger charge is 2.46. The molecule has 2 fully saturated rings. The maximum atomic E-state index is 11.5. The van der Waals surface area contributed by atoms with Crippen LogP contribution in [0.5, 0.6) is 0 Å². The third-order valence-corrected chi connectivity index (χ3v) is 5.26. The van der Waals surface area contributed by atoms with E-state index < -0.39 is 0 Å². The van der Waals surface area contributed by atoms with Gasteiger partial charge in [0, 0.05) is 45.6 Å². The molecule has 0 aromatic carbocycles. The van der Waals surface area contributed by atoms with Crippen LogP contribution in [0.1, 0.15) is 38.2 Å². The Morgan fingerprint density at radius 1 is 1.48 bits per heavy atom. The third-order valence-electron chi connectivity index (χ3n) is 5.26. The van der Waals surface area contributed by atoms with E-state index in [1.54, 1.807) is 13.1 Å². The SMILES string of the molecule is CC(=O)N1CCC2(CC1)OCC[C@H]2CCOCc1cccnc1. The summed E-state index contributed by atoms with van der Waals surface area (Å²) >= 11 is 0. The highest BCUT2D eigenvalue weighted by molar-refractivity contribution is 5.73. The van der Waals surface area contributed by atoms with E-state index in [1.807, 2.05) is 23.2 Å². The largest absolute Gasteiger partial charge is 0.377 e. The van der Waals surface area contributed by atoms with Crippen molar-refractivity contribution < 1.29 is 14.3 Å². The fourth-order valence-corrected chi connectivity index (χ4v) is 3.84. The molecule has 1 atom stereocenters. The normalized spacial score (nSPS) is 23.3. The second-order valence-electron chi connectivity index (χ2n) is 6.61. The van der Waals surface area contributed by atoms with Gasteiger partial charge in [-0.15, -0.1) is 0 Å². The average Bonchev–Trinajstić information content (AvgIpc) is 2.95. The molecule has 126 valence electrons. The van der Waals surface area contributed by atoms with Gasteiger partial charge in [0.1, 0.15) is 0 Å². The Morgan fingerprint density at radius 2 is 2.30 bits per heavy atom. The lowest BCUT2D eigenvalue weighted by molar-refractivity contribution is -0.135. The Labute approximate surface area is 138 Å². The second-order valence-corrected chi connectivity index (χ2v) is 6.61. The Balaban J connectivity index is 1.45. The van der Waals surface area contributed by atoms with E-state index in [4.69, 9.17) is 9.47 Å². The lowest BCUT2D eigenvalue weighted by atomic mass is 9.78. The topological polar surface area (TPSA) is 51.7 Å². The molecule has 0 N–H and O–H groups in total. The number of rotatable bonds is 5. The first-order valence-electron chi connectivity index (χ1n) is 8.56. The number of likely N-dealkylation sites (tertiary alicyclic amines) is 1. The Kier molecular flexibility index (Phi) is 5.28. The molecular formula is C18H26N2O3. The fourth-order valence-electron chi connectivity index (χ4n) is 3.84. The van der Waals surface area contributed by atoms with Crippen molar-refractivity contribution in [2.45, 2.75) is 44.8 Å². The van der Waals surface area contributed by atoms with Gasteiger partial charge in [-0.1, -0.05) is 6.07 Å². The van der Waals surface area contributed by atoms with Gasteiger partial charge in [-0.05, 0) is 43.2 Å². The number of aromatic nitrogens is 1. The fraction of sp³-hybridized carbons (Fsp3) is 0.667. The third kappa shape index (κ3) is 3.90. The summed E-state index contributed by atoms with van der Waals surface area (Å²) in [4.78, 5) is 17.5. The molecule has 3 heterocycles. The van der Waals surface area contributed by atoms with Gasteiger partial charge in [0.05, 0.1) is 12.2 Å². The van der Waals surface area contributed by atoms with Crippen LogP contribution in [0.2, 0.25) is 0 Å². The summed E-state index contributed by atoms with van der Waals surface area (Å²) in [5.74, 6) is 0.722. The minimum absolute atomic E-state index is 0.0242. The molecule has 3 rings (SSSR count). The van der Waals surface area contributed by atoms with Crippen LogP contribution in [0.4, 0.5) is 0 Å². The molecule has 1 spiro atoms. The van der Waals surface area contributed by atoms with Crippen molar-refractivity contribution in [1.29, 1.82) is 0 Å². The smallest absolute Gasteiger partial charge is 0.219 e. The summed E-state index contributed by atoms with van der Waals surface area (Å²) in [6, 6.07) is 3.96. The van der Waals surface area contributed by atoms with Crippen molar-refractivity contribution >= 4 is 5.91 Å². The lowest BCUT2D eigenvalue weighted by Crippen LogP contribution is -2.49. The molecule has 0 aliphatic carbocycles. The average molecular weight is 318 g/mol. The summed E-state index contributed by atoms with van der Waals surface area (Å²) in [5.41, 5.74) is 1.09. The van der Waals surface area contributed by atoms with Gasteiger partial charge in [-0.25, -0.2) is 0 Å². The molecule has 0 bridgehead atoms. The Morgan fingerprint density at radius 3 is 3.00 bits per heavy atom. The van der Waals surface area contributed by atoms with Crippen LogP contribution in [0.25, 0.3) is 0 Å². The first-order valence-corrected chi connectivity index (χ1v) is 8.56. The second kappa shape index (κ2) is 7.41. The summed E-state index contributed by atoms with van der Waals surface area (Å²) in [5, 5.41) is 0. The highest BCUT2D eigenvalue weighted by atomic mass is 16.5. The molecule has 23 heavy (non-hydrogen) atoms. The van der Waals surface area contributed by atoms with E-state index in [0.29, 0.717) is 12.5 Å². The van der Waals surface area contributed by atoms with Gasteiger partial charge in [0.25, 0.3) is 0 Å². The van der Waals surface area contributed by atoms with Crippen LogP contribution >= 0.6 is 0 Å². The highest BCUT2D eigenvalue weighted by Crippen LogP contribution is 2.42. The van der Waals surface area contributed by atoms with E-state index in [1.165, 1.54) is 0 Å². The molecule has 1 aromatic rings. The minimum Gasteiger partial charge on any atom is -0.377 e. The Bertz CT molecular complexity index is 512. The van der Waals surface area contributed by atoms with Crippen molar-refractivity contribution in [3.8, 4) is 0 Å². The van der Waals surface area contributed by atoms with E-state index in [2.05, 4.69) is 4.98 Å². The van der Waals surface area contributed by atoms with Gasteiger partial charge >= 0.3 is 0 Å². The summed E-state index contributed by atoms with van der Waals surface area (Å²) < 4.78 is 11.9. The minimum atomic E-state index is -0.0242. The predicted molar refractivity (Wildman–Crippen MR) is 86.8 cm³/mol. The summed E-state index contributed by atoms with van der Waals surface area (Å²) in [6.45, 7) is 5.50. The number of amides is 1. The Hall–Kier alpha value is -1.46. The van der Waals surface area contributed by atoms with Crippen LogP contribution in [0.3, 0.4) is 0 Å². The number of piperidine rings is 1. The number of carbonyl (C=O) groups excluding carboxylic acids is 1. The summed E-state index contributed by atoms with van der Waals surface area (Å²) in [7, 11) is 0. The van der Waals surface area contributed by atoms with Crippen LogP contribution in [-0.4, -0.2) is 47.7 Å². The van der Waals surface area contributed by atoms with Crippen molar-refractivity contribution in [3.63, 3.8) is 0 Å². The molecule has 2 aliphatic heterocycles. The predicted octanol–water partition coefficient (Wildman–Crippen LogP) is 2.41. The van der Waals surface area contributed by atoms with Crippen LogP contribution in [0, 0.1) is 5.92 Å². The zero-order valence-corrected chi connectivity index (χ0v) is 13.9. The van der Waals surface area contributed by atoms with Crippen LogP contribution < -0.4 is 0 Å². The van der Waals surface area contributed by atoms with Gasteiger partial charge in [0.2, 0.25) is 5.91 Å². The van der Waals surface area contributed by atoms with E-state index in [-0.39, 0.29) is 11.5 Å². The van der Waals surface area contributed by atoms with E-state index in [0.717, 1.165) is 57.6 Å². The maximum Gasteiger partial charge on any atom is 0.219 e. The molecule has 0 unspecified atom stereocenters. The zero-order chi connectivity index (χ0) is 16.1. The molecule has 1 amide bonds. The number of hydrogen-bond acceptors (Lipinski definition) is 4. The molecule has 0 saturated carbocycles. The van der Waals surface area contributed by atoms with Crippen molar-refractivity contribution in [3.05, 3.63) is 30.1 Å². The number of nitrogens with zero attached hydrogens (tertiary/aromatic N) is 2. The number of hydrogen-bond donors (Lipinski definition) is 0. The molecular weight excluding hydrogens is 292 g/mol. The van der Waals surface area contributed by atoms with Gasteiger partial charge < -0.3 is 14.4 Å².